The Hall–Kier alpha value is -1.41. The van der Waals surface area contributed by atoms with Crippen LogP contribution in [0.15, 0.2) is 36.7 Å². The lowest BCUT2D eigenvalue weighted by atomic mass is 9.73. The van der Waals surface area contributed by atoms with E-state index in [-0.39, 0.29) is 0 Å². The highest BCUT2D eigenvalue weighted by molar-refractivity contribution is 5.85. The van der Waals surface area contributed by atoms with Crippen molar-refractivity contribution in [2.75, 3.05) is 0 Å². The fraction of sp³-hybridized carbons (Fsp3) is 0.500. The molecule has 0 spiro atoms. The van der Waals surface area contributed by atoms with E-state index in [9.17, 15) is 5.11 Å². The van der Waals surface area contributed by atoms with Gasteiger partial charge >= 0.3 is 0 Å². The molecule has 2 heteroatoms. The average molecular weight is 269 g/mol. The first-order valence-corrected chi connectivity index (χ1v) is 7.78. The molecule has 0 aliphatic heterocycles. The van der Waals surface area contributed by atoms with E-state index in [0.29, 0.717) is 0 Å². The fourth-order valence-electron chi connectivity index (χ4n) is 3.64. The van der Waals surface area contributed by atoms with Gasteiger partial charge in [-0.1, -0.05) is 38.0 Å². The monoisotopic (exact) mass is 269 g/mol. The number of hydrogen-bond donors (Lipinski definition) is 1. The maximum absolute atomic E-state index is 11.1. The minimum absolute atomic E-state index is 0.660. The van der Waals surface area contributed by atoms with E-state index in [4.69, 9.17) is 0 Å². The zero-order valence-electron chi connectivity index (χ0n) is 12.2. The summed E-state index contributed by atoms with van der Waals surface area (Å²) in [6, 6.07) is 8.23. The van der Waals surface area contributed by atoms with Crippen LogP contribution < -0.4 is 0 Å². The molecular weight excluding hydrogens is 246 g/mol. The third-order valence-electron chi connectivity index (χ3n) is 4.81. The Morgan fingerprint density at radius 2 is 2.05 bits per heavy atom. The van der Waals surface area contributed by atoms with Crippen LogP contribution in [0.25, 0.3) is 10.8 Å². The second-order valence-electron chi connectivity index (χ2n) is 6.17. The van der Waals surface area contributed by atoms with Crippen LogP contribution in [-0.2, 0) is 5.60 Å². The van der Waals surface area contributed by atoms with Crippen LogP contribution in [0, 0.1) is 5.92 Å². The number of rotatable bonds is 3. The van der Waals surface area contributed by atoms with Gasteiger partial charge in [0, 0.05) is 17.8 Å². The van der Waals surface area contributed by atoms with Crippen molar-refractivity contribution in [2.24, 2.45) is 5.92 Å². The summed E-state index contributed by atoms with van der Waals surface area (Å²) in [4.78, 5) is 4.23. The molecule has 0 saturated heterocycles. The van der Waals surface area contributed by atoms with Crippen molar-refractivity contribution in [3.05, 3.63) is 42.2 Å². The van der Waals surface area contributed by atoms with Gasteiger partial charge in [0.05, 0.1) is 5.60 Å². The van der Waals surface area contributed by atoms with Crippen molar-refractivity contribution in [3.8, 4) is 0 Å². The highest BCUT2D eigenvalue weighted by Crippen LogP contribution is 2.42. The predicted octanol–water partition coefficient (Wildman–Crippen LogP) is 4.41. The van der Waals surface area contributed by atoms with E-state index in [0.717, 1.165) is 42.6 Å². The Balaban J connectivity index is 1.91. The lowest BCUT2D eigenvalue weighted by molar-refractivity contribution is -0.0139. The molecule has 0 atom stereocenters. The van der Waals surface area contributed by atoms with Crippen LogP contribution in [0.1, 0.15) is 51.0 Å². The molecule has 106 valence electrons. The molecule has 1 aromatic carbocycles. The normalized spacial score (nSPS) is 26.8. The quantitative estimate of drug-likeness (QED) is 0.895. The van der Waals surface area contributed by atoms with Gasteiger partial charge in [0.1, 0.15) is 0 Å². The lowest BCUT2D eigenvalue weighted by Crippen LogP contribution is -2.31. The summed E-state index contributed by atoms with van der Waals surface area (Å²) in [5.41, 5.74) is 0.408. The first-order valence-electron chi connectivity index (χ1n) is 7.78. The Morgan fingerprint density at radius 3 is 2.80 bits per heavy atom. The first kappa shape index (κ1) is 13.6. The van der Waals surface area contributed by atoms with Crippen molar-refractivity contribution >= 4 is 10.8 Å². The molecule has 1 saturated carbocycles. The summed E-state index contributed by atoms with van der Waals surface area (Å²) < 4.78 is 0. The van der Waals surface area contributed by atoms with Gasteiger partial charge in [-0.05, 0) is 48.6 Å². The van der Waals surface area contributed by atoms with Crippen molar-refractivity contribution in [2.45, 2.75) is 51.0 Å². The van der Waals surface area contributed by atoms with Crippen LogP contribution in [-0.4, -0.2) is 10.1 Å². The van der Waals surface area contributed by atoms with Crippen molar-refractivity contribution < 1.29 is 5.11 Å². The Labute approximate surface area is 120 Å². The van der Waals surface area contributed by atoms with Crippen molar-refractivity contribution in [1.29, 1.82) is 0 Å². The van der Waals surface area contributed by atoms with E-state index < -0.39 is 5.60 Å². The Kier molecular flexibility index (Phi) is 3.75. The number of pyridine rings is 1. The number of hydrogen-bond acceptors (Lipinski definition) is 2. The van der Waals surface area contributed by atoms with Gasteiger partial charge in [0.15, 0.2) is 0 Å². The summed E-state index contributed by atoms with van der Waals surface area (Å²) in [5, 5.41) is 13.4. The Morgan fingerprint density at radius 1 is 1.25 bits per heavy atom. The highest BCUT2D eigenvalue weighted by atomic mass is 16.3. The summed E-state index contributed by atoms with van der Waals surface area (Å²) >= 11 is 0. The van der Waals surface area contributed by atoms with Crippen LogP contribution in [0.3, 0.4) is 0 Å². The third-order valence-corrected chi connectivity index (χ3v) is 4.81. The molecule has 0 bridgehead atoms. The van der Waals surface area contributed by atoms with Crippen molar-refractivity contribution in [3.63, 3.8) is 0 Å². The predicted molar refractivity (Wildman–Crippen MR) is 82.5 cm³/mol. The minimum atomic E-state index is -0.660. The van der Waals surface area contributed by atoms with Crippen LogP contribution in [0.2, 0.25) is 0 Å². The van der Waals surface area contributed by atoms with E-state index in [2.05, 4.69) is 24.0 Å². The second kappa shape index (κ2) is 5.53. The van der Waals surface area contributed by atoms with Crippen LogP contribution >= 0.6 is 0 Å². The standard InChI is InChI=1S/C18H23NO/c1-2-4-14-7-10-18(20,11-8-14)17-6-3-5-15-9-12-19-13-16(15)17/h3,5-6,9,12-14,20H,2,4,7-8,10-11H2,1H3. The smallest absolute Gasteiger partial charge is 0.0903 e. The maximum atomic E-state index is 11.1. The molecule has 0 amide bonds. The van der Waals surface area contributed by atoms with Crippen molar-refractivity contribution in [1.82, 2.24) is 4.98 Å². The topological polar surface area (TPSA) is 33.1 Å². The molecule has 0 unspecified atom stereocenters. The van der Waals surface area contributed by atoms with Gasteiger partial charge in [-0.3, -0.25) is 4.98 Å². The van der Waals surface area contributed by atoms with Gasteiger partial charge < -0.3 is 5.11 Å². The number of benzene rings is 1. The average Bonchev–Trinajstić information content (AvgIpc) is 2.49. The maximum Gasteiger partial charge on any atom is 0.0903 e. The highest BCUT2D eigenvalue weighted by Gasteiger charge is 2.35. The van der Waals surface area contributed by atoms with Gasteiger partial charge in [0.25, 0.3) is 0 Å². The third kappa shape index (κ3) is 2.45. The zero-order valence-corrected chi connectivity index (χ0v) is 12.2. The molecule has 20 heavy (non-hydrogen) atoms. The van der Waals surface area contributed by atoms with Crippen LogP contribution in [0.4, 0.5) is 0 Å². The molecule has 0 radical (unpaired) electrons. The fourth-order valence-corrected chi connectivity index (χ4v) is 3.64. The number of aromatic nitrogens is 1. The molecule has 1 aliphatic carbocycles. The molecule has 1 aromatic heterocycles. The SMILES string of the molecule is CCCC1CCC(O)(c2cccc3ccncc23)CC1. The largest absolute Gasteiger partial charge is 0.385 e. The van der Waals surface area contributed by atoms with Gasteiger partial charge in [-0.25, -0.2) is 0 Å². The minimum Gasteiger partial charge on any atom is -0.385 e. The van der Waals surface area contributed by atoms with Crippen LogP contribution in [0.5, 0.6) is 0 Å². The first-order chi connectivity index (χ1) is 9.73. The second-order valence-corrected chi connectivity index (χ2v) is 6.17. The molecule has 1 heterocycles. The molecule has 2 aromatic rings. The lowest BCUT2D eigenvalue weighted by Gasteiger charge is -2.37. The number of aliphatic hydroxyl groups is 1. The van der Waals surface area contributed by atoms with E-state index >= 15 is 0 Å². The van der Waals surface area contributed by atoms with Gasteiger partial charge in [-0.15, -0.1) is 0 Å². The van der Waals surface area contributed by atoms with Gasteiger partial charge in [-0.2, -0.15) is 0 Å². The van der Waals surface area contributed by atoms with Gasteiger partial charge in [0.2, 0.25) is 0 Å². The molecule has 2 nitrogen and oxygen atoms in total. The zero-order chi connectivity index (χ0) is 14.0. The molecule has 3 rings (SSSR count). The van der Waals surface area contributed by atoms with E-state index in [1.54, 1.807) is 0 Å². The van der Waals surface area contributed by atoms with E-state index in [1.165, 1.54) is 18.2 Å². The molecule has 1 aliphatic rings. The Bertz CT molecular complexity index is 579. The summed E-state index contributed by atoms with van der Waals surface area (Å²) in [6.45, 7) is 2.25. The van der Waals surface area contributed by atoms with E-state index in [1.807, 2.05) is 24.5 Å². The molecular formula is C18H23NO. The number of fused-ring (bicyclic) bond motifs is 1. The summed E-state index contributed by atoms with van der Waals surface area (Å²) in [6.07, 6.45) is 10.3. The summed E-state index contributed by atoms with van der Waals surface area (Å²) in [5.74, 6) is 0.799. The number of nitrogens with zero attached hydrogens (tertiary/aromatic N) is 1. The molecule has 1 N–H and O–H groups in total. The molecule has 1 fully saturated rings. The summed E-state index contributed by atoms with van der Waals surface area (Å²) in [7, 11) is 0.